The van der Waals surface area contributed by atoms with Crippen molar-refractivity contribution >= 4 is 34.6 Å². The summed E-state index contributed by atoms with van der Waals surface area (Å²) in [5, 5.41) is 23.2. The third kappa shape index (κ3) is 8.53. The third-order valence-electron chi connectivity index (χ3n) is 7.47. The van der Waals surface area contributed by atoms with Crippen molar-refractivity contribution in [2.24, 2.45) is 0 Å². The molecule has 0 aliphatic carbocycles. The molecule has 4 aromatic rings. The van der Waals surface area contributed by atoms with Gasteiger partial charge in [0, 0.05) is 26.2 Å². The van der Waals surface area contributed by atoms with E-state index in [0.717, 1.165) is 11.1 Å². The molecule has 0 saturated carbocycles. The summed E-state index contributed by atoms with van der Waals surface area (Å²) in [5.41, 5.74) is 2.81. The Kier molecular flexibility index (Phi) is 11.0. The molecule has 1 fully saturated rings. The molecule has 1 aliphatic heterocycles. The molecule has 0 radical (unpaired) electrons. The normalized spacial score (nSPS) is 15.9. The van der Waals surface area contributed by atoms with E-state index in [2.05, 4.69) is 21.3 Å². The van der Waals surface area contributed by atoms with E-state index in [4.69, 9.17) is 48.4 Å². The molecular weight excluding hydrogens is 620 g/mol. The molecule has 15 nitrogen and oxygen atoms in total. The van der Waals surface area contributed by atoms with Crippen LogP contribution in [0.25, 0.3) is 11.0 Å². The zero-order valence-corrected chi connectivity index (χ0v) is 28.3. The molecule has 5 N–H and O–H groups in total. The first-order chi connectivity index (χ1) is 23.1. The number of methoxy groups -OCH3 is 4. The Balaban J connectivity index is 1.52. The van der Waals surface area contributed by atoms with Crippen molar-refractivity contribution in [1.82, 2.24) is 19.9 Å². The third-order valence-corrected chi connectivity index (χ3v) is 7.47. The quantitative estimate of drug-likeness (QED) is 0.116. The molecule has 15 heteroatoms. The maximum atomic E-state index is 9.96. The van der Waals surface area contributed by atoms with E-state index in [1.807, 2.05) is 50.2 Å². The van der Waals surface area contributed by atoms with Crippen molar-refractivity contribution in [3.63, 3.8) is 0 Å². The van der Waals surface area contributed by atoms with Gasteiger partial charge >= 0.3 is 0 Å². The smallest absolute Gasteiger partial charge is 0.225 e. The Hall–Kier alpha value is -4.86. The number of nitrogens with one attached hydrogen (secondary N) is 4. The van der Waals surface area contributed by atoms with Gasteiger partial charge in [0.25, 0.3) is 0 Å². The zero-order chi connectivity index (χ0) is 34.3. The summed E-state index contributed by atoms with van der Waals surface area (Å²) in [6.07, 6.45) is -0.807. The van der Waals surface area contributed by atoms with Crippen LogP contribution in [0.15, 0.2) is 36.4 Å². The van der Waals surface area contributed by atoms with Gasteiger partial charge in [-0.15, -0.1) is 0 Å². The summed E-state index contributed by atoms with van der Waals surface area (Å²) in [4.78, 5) is 19.2. The minimum atomic E-state index is -0.659. The van der Waals surface area contributed by atoms with Gasteiger partial charge in [-0.05, 0) is 56.2 Å². The maximum Gasteiger partial charge on any atom is 0.225 e. The van der Waals surface area contributed by atoms with Crippen LogP contribution in [0.2, 0.25) is 0 Å². The summed E-state index contributed by atoms with van der Waals surface area (Å²) >= 11 is 0. The second-order valence-corrected chi connectivity index (χ2v) is 11.6. The van der Waals surface area contributed by atoms with Crippen molar-refractivity contribution in [1.29, 1.82) is 0 Å². The first-order valence-corrected chi connectivity index (χ1v) is 15.6. The Bertz CT molecular complexity index is 1700. The highest BCUT2D eigenvalue weighted by Crippen LogP contribution is 2.32. The molecule has 1 aliphatic rings. The Morgan fingerprint density at radius 2 is 1.25 bits per heavy atom. The van der Waals surface area contributed by atoms with E-state index in [0.29, 0.717) is 83.8 Å². The minimum Gasteiger partial charge on any atom is -0.493 e. The number of fused-ring (bicyclic) bond motifs is 1. The largest absolute Gasteiger partial charge is 0.493 e. The minimum absolute atomic E-state index is 0.187. The van der Waals surface area contributed by atoms with Gasteiger partial charge in [0.2, 0.25) is 11.9 Å². The fraction of sp³-hybridized carbons (Fsp3) is 0.455. The summed E-state index contributed by atoms with van der Waals surface area (Å²) in [6, 6.07) is 11.4. The zero-order valence-electron chi connectivity index (χ0n) is 28.3. The summed E-state index contributed by atoms with van der Waals surface area (Å²) in [5.74, 6) is 3.42. The van der Waals surface area contributed by atoms with Gasteiger partial charge in [0.05, 0.1) is 41.2 Å². The van der Waals surface area contributed by atoms with Crippen LogP contribution in [-0.2, 0) is 22.6 Å². The highest BCUT2D eigenvalue weighted by Gasteiger charge is 2.32. The van der Waals surface area contributed by atoms with Crippen LogP contribution in [0, 0.1) is 0 Å². The Morgan fingerprint density at radius 1 is 0.750 bits per heavy atom. The van der Waals surface area contributed by atoms with Crippen LogP contribution in [0.4, 0.5) is 23.5 Å². The number of anilines is 4. The number of benzene rings is 2. The van der Waals surface area contributed by atoms with Gasteiger partial charge in [0.1, 0.15) is 17.1 Å². The lowest BCUT2D eigenvalue weighted by atomic mass is 10.2. The molecule has 2 aromatic carbocycles. The van der Waals surface area contributed by atoms with E-state index in [9.17, 15) is 5.11 Å². The molecule has 2 unspecified atom stereocenters. The molecule has 0 amide bonds. The predicted molar refractivity (Wildman–Crippen MR) is 182 cm³/mol. The number of rotatable bonds is 16. The van der Waals surface area contributed by atoms with Crippen molar-refractivity contribution in [3.8, 4) is 23.0 Å². The highest BCUT2D eigenvalue weighted by atomic mass is 16.7. The number of aromatic nitrogens is 4. The molecule has 3 heterocycles. The fourth-order valence-corrected chi connectivity index (χ4v) is 5.08. The molecule has 48 heavy (non-hydrogen) atoms. The first kappa shape index (κ1) is 34.5. The molecule has 2 aromatic heterocycles. The van der Waals surface area contributed by atoms with Gasteiger partial charge < -0.3 is 54.8 Å². The second kappa shape index (κ2) is 15.4. The maximum absolute atomic E-state index is 9.96. The number of ether oxygens (including phenoxy) is 6. The molecule has 0 spiro atoms. The standard InChI is InChI=1S/C33H44N8O7/c1-19(42)14-36-31-38-27-28(29(40-31)34-15-20-8-10-23(43-4)25(12-20)45-6)39-32(37-17-22-18-47-33(2,3)48-22)41-30(27)35-16-21-9-11-24(44-5)26(13-21)46-7/h8-13,19,22,42H,14-18H2,1-7H3,(H2,34,36,38,40)(H2,35,37,39,41). The van der Waals surface area contributed by atoms with E-state index >= 15 is 0 Å². The average molecular weight is 665 g/mol. The monoisotopic (exact) mass is 664 g/mol. The first-order valence-electron chi connectivity index (χ1n) is 15.6. The van der Waals surface area contributed by atoms with Crippen molar-refractivity contribution in [2.45, 2.75) is 51.9 Å². The van der Waals surface area contributed by atoms with Crippen LogP contribution in [0.5, 0.6) is 23.0 Å². The molecule has 2 atom stereocenters. The number of aliphatic hydroxyl groups is 1. The van der Waals surface area contributed by atoms with Crippen LogP contribution >= 0.6 is 0 Å². The van der Waals surface area contributed by atoms with Gasteiger partial charge in [-0.2, -0.15) is 9.97 Å². The Labute approximate surface area is 279 Å². The lowest BCUT2D eigenvalue weighted by Crippen LogP contribution is -2.26. The summed E-state index contributed by atoms with van der Waals surface area (Å²) in [6.45, 7) is 7.35. The van der Waals surface area contributed by atoms with Gasteiger partial charge in [-0.1, -0.05) is 12.1 Å². The van der Waals surface area contributed by atoms with Gasteiger partial charge in [-0.25, -0.2) is 9.97 Å². The topological polar surface area (TPSA) is 175 Å². The van der Waals surface area contributed by atoms with Crippen molar-refractivity contribution in [2.75, 3.05) is 69.4 Å². The van der Waals surface area contributed by atoms with Crippen molar-refractivity contribution < 1.29 is 33.5 Å². The average Bonchev–Trinajstić information content (AvgIpc) is 3.45. The molecular formula is C33H44N8O7. The molecule has 258 valence electrons. The van der Waals surface area contributed by atoms with Crippen LogP contribution in [0.1, 0.15) is 31.9 Å². The lowest BCUT2D eigenvalue weighted by Gasteiger charge is -2.18. The van der Waals surface area contributed by atoms with Gasteiger partial charge in [-0.3, -0.25) is 0 Å². The van der Waals surface area contributed by atoms with Crippen molar-refractivity contribution in [3.05, 3.63) is 47.5 Å². The molecule has 0 bridgehead atoms. The van der Waals surface area contributed by atoms with E-state index < -0.39 is 11.9 Å². The predicted octanol–water partition coefficient (Wildman–Crippen LogP) is 4.03. The summed E-state index contributed by atoms with van der Waals surface area (Å²) in [7, 11) is 6.39. The fourth-order valence-electron chi connectivity index (χ4n) is 5.08. The second-order valence-electron chi connectivity index (χ2n) is 11.6. The number of hydrogen-bond donors (Lipinski definition) is 5. The van der Waals surface area contributed by atoms with E-state index in [1.165, 1.54) is 0 Å². The number of aliphatic hydroxyl groups excluding tert-OH is 1. The Morgan fingerprint density at radius 3 is 1.69 bits per heavy atom. The van der Waals surface area contributed by atoms with Crippen LogP contribution < -0.4 is 40.2 Å². The van der Waals surface area contributed by atoms with Crippen LogP contribution in [0.3, 0.4) is 0 Å². The lowest BCUT2D eigenvalue weighted by molar-refractivity contribution is -0.136. The SMILES string of the molecule is COc1ccc(CNc2nc(NCC3COC(C)(C)O3)nc3c(NCc4ccc(OC)c(OC)c4)nc(NCC(C)O)nc23)cc1OC. The summed E-state index contributed by atoms with van der Waals surface area (Å²) < 4.78 is 33.5. The molecule has 1 saturated heterocycles. The van der Waals surface area contributed by atoms with Gasteiger partial charge in [0.15, 0.2) is 40.4 Å². The number of hydrogen-bond acceptors (Lipinski definition) is 15. The van der Waals surface area contributed by atoms with E-state index in [-0.39, 0.29) is 12.6 Å². The van der Waals surface area contributed by atoms with Crippen LogP contribution in [-0.4, -0.2) is 91.2 Å². The van der Waals surface area contributed by atoms with E-state index in [1.54, 1.807) is 35.4 Å². The molecule has 5 rings (SSSR count). The number of nitrogens with zero attached hydrogens (tertiary/aromatic N) is 4. The highest BCUT2D eigenvalue weighted by molar-refractivity contribution is 5.94.